The second kappa shape index (κ2) is 21.3. The van der Waals surface area contributed by atoms with Gasteiger partial charge in [0.15, 0.2) is 10.3 Å². The molecule has 0 aromatic carbocycles. The molecule has 6 heterocycles. The normalized spacial score (nSPS) is 17.4. The van der Waals surface area contributed by atoms with E-state index in [1.54, 1.807) is 17.5 Å². The number of aryl methyl sites for hydroxylation is 4. The van der Waals surface area contributed by atoms with Crippen LogP contribution in [0.2, 0.25) is 0 Å². The molecule has 58 heavy (non-hydrogen) atoms. The fourth-order valence-corrected chi connectivity index (χ4v) is 9.03. The van der Waals surface area contributed by atoms with Gasteiger partial charge < -0.3 is 25.6 Å². The molecule has 0 radical (unpaired) electrons. The summed E-state index contributed by atoms with van der Waals surface area (Å²) in [7, 11) is 0. The zero-order chi connectivity index (χ0) is 41.3. The van der Waals surface area contributed by atoms with Crippen molar-refractivity contribution in [2.75, 3.05) is 49.9 Å². The minimum atomic E-state index is -0.536. The zero-order valence-corrected chi connectivity index (χ0v) is 37.6. The first-order valence-corrected chi connectivity index (χ1v) is 21.1. The first-order chi connectivity index (χ1) is 27.0. The van der Waals surface area contributed by atoms with Crippen LogP contribution in [0.4, 0.5) is 15.1 Å². The van der Waals surface area contributed by atoms with E-state index in [-0.39, 0.29) is 36.4 Å². The molecule has 2 saturated heterocycles. The Balaban J connectivity index is 0.000000259. The summed E-state index contributed by atoms with van der Waals surface area (Å²) in [6, 6.07) is 8.96. The van der Waals surface area contributed by atoms with Gasteiger partial charge in [-0.3, -0.25) is 29.4 Å². The third kappa shape index (κ3) is 15.3. The molecule has 3 amide bonds. The number of hydrogen-bond donors (Lipinski definition) is 3. The van der Waals surface area contributed by atoms with Gasteiger partial charge in [0, 0.05) is 117 Å². The lowest BCUT2D eigenvalue weighted by Gasteiger charge is -2.41. The number of nitrogens with one attached hydrogen (secondary N) is 3. The molecule has 0 unspecified atom stereocenters. The minimum Gasteiger partial charge on any atom is -0.444 e. The van der Waals surface area contributed by atoms with Crippen LogP contribution in [-0.4, -0.2) is 109 Å². The van der Waals surface area contributed by atoms with Gasteiger partial charge in [0.1, 0.15) is 5.60 Å². The number of hydrogen-bond acceptors (Lipinski definition) is 13. The number of rotatable bonds is 10. The Bertz CT molecular complexity index is 1960. The molecular weight excluding hydrogens is 796 g/mol. The highest BCUT2D eigenvalue weighted by atomic mass is 35.5. The van der Waals surface area contributed by atoms with Gasteiger partial charge in [0.2, 0.25) is 11.8 Å². The van der Waals surface area contributed by atoms with Gasteiger partial charge in [0.05, 0.1) is 6.04 Å². The fraction of sp³-hybridized carbons (Fsp3) is 0.537. The van der Waals surface area contributed by atoms with Crippen LogP contribution >= 0.6 is 35.1 Å². The van der Waals surface area contributed by atoms with Crippen molar-refractivity contribution >= 4 is 63.3 Å². The van der Waals surface area contributed by atoms with Gasteiger partial charge in [-0.15, -0.1) is 35.1 Å². The van der Waals surface area contributed by atoms with Crippen molar-refractivity contribution in [1.82, 2.24) is 40.0 Å². The van der Waals surface area contributed by atoms with E-state index >= 15 is 0 Å². The lowest BCUT2D eigenvalue weighted by Crippen LogP contribution is -2.56. The lowest BCUT2D eigenvalue weighted by molar-refractivity contribution is -0.115. The molecule has 3 N–H and O–H groups in total. The number of ether oxygens (including phenoxy) is 1. The van der Waals surface area contributed by atoms with E-state index in [4.69, 9.17) is 4.74 Å². The Hall–Kier alpha value is -4.06. The first kappa shape index (κ1) is 46.6. The number of amides is 3. The van der Waals surface area contributed by atoms with Crippen molar-refractivity contribution in [2.24, 2.45) is 0 Å². The number of thiazole rings is 2. The second-order valence-electron chi connectivity index (χ2n) is 16.0. The molecule has 0 aliphatic carbocycles. The molecule has 2 atom stereocenters. The largest absolute Gasteiger partial charge is 0.444 e. The van der Waals surface area contributed by atoms with E-state index in [9.17, 15) is 14.4 Å². The molecule has 17 heteroatoms. The molecule has 2 fully saturated rings. The predicted octanol–water partition coefficient (Wildman–Crippen LogP) is 6.33. The van der Waals surface area contributed by atoms with Gasteiger partial charge in [0.25, 0.3) is 0 Å². The first-order valence-electron chi connectivity index (χ1n) is 19.5. The lowest BCUT2D eigenvalue weighted by atomic mass is 10.0. The van der Waals surface area contributed by atoms with Crippen molar-refractivity contribution in [2.45, 2.75) is 106 Å². The van der Waals surface area contributed by atoms with Crippen molar-refractivity contribution in [1.29, 1.82) is 0 Å². The molecule has 0 bridgehead atoms. The Morgan fingerprint density at radius 1 is 0.759 bits per heavy atom. The molecule has 4 aromatic rings. The molecule has 2 aliphatic heterocycles. The van der Waals surface area contributed by atoms with Crippen LogP contribution in [0.15, 0.2) is 36.7 Å². The number of halogens is 1. The van der Waals surface area contributed by atoms with Crippen LogP contribution in [0.5, 0.6) is 0 Å². The van der Waals surface area contributed by atoms with Crippen LogP contribution in [-0.2, 0) is 40.3 Å². The van der Waals surface area contributed by atoms with E-state index in [2.05, 4.69) is 70.0 Å². The van der Waals surface area contributed by atoms with E-state index < -0.39 is 5.60 Å². The molecule has 316 valence electrons. The van der Waals surface area contributed by atoms with Gasteiger partial charge in [-0.05, 0) is 96.7 Å². The third-order valence-electron chi connectivity index (χ3n) is 9.20. The summed E-state index contributed by atoms with van der Waals surface area (Å²) in [5, 5.41) is 10.4. The highest BCUT2D eigenvalue weighted by molar-refractivity contribution is 7.16. The number of nitrogens with zero attached hydrogens (tertiary/aromatic N) is 7. The highest BCUT2D eigenvalue weighted by Crippen LogP contribution is 2.25. The Morgan fingerprint density at radius 3 is 1.72 bits per heavy atom. The molecule has 14 nitrogen and oxygen atoms in total. The van der Waals surface area contributed by atoms with Gasteiger partial charge in [-0.2, -0.15) is 0 Å². The predicted molar refractivity (Wildman–Crippen MR) is 234 cm³/mol. The number of carbonyl (C=O) groups is 3. The SMILES string of the molecule is CC(=O)Nc1ncc(CN2CCN(C(=O)OC(C)(C)C)[C@H](Cc3cc(C)nc(C)c3)C2)s1.CC(=O)Nc1ncc(CN2CCN[C@H](Cc3cc(C)nc(C)c3)C2)s1.Cl. The summed E-state index contributed by atoms with van der Waals surface area (Å²) in [6.45, 7) is 23.4. The topological polar surface area (TPSA) is 158 Å². The molecule has 6 rings (SSSR count). The number of aromatic nitrogens is 4. The maximum absolute atomic E-state index is 12.9. The average molecular weight is 856 g/mol. The van der Waals surface area contributed by atoms with Crippen LogP contribution in [0.1, 0.15) is 78.3 Å². The number of anilines is 2. The molecule has 0 saturated carbocycles. The highest BCUT2D eigenvalue weighted by Gasteiger charge is 2.34. The standard InChI is InChI=1S/C23H33N5O3S.C18H25N5OS.ClH/c1-15-9-18(10-16(2)25-15)11-19-13-27(7-8-28(19)22(30)31-23(4,5)6)14-20-12-24-21(32-20)26-17(3)29;1-12-6-15(7-13(2)21-12)8-16-10-23(5-4-19-16)11-17-9-20-18(25-17)22-14(3)24;/h9-10,12,19H,7-8,11,13-14H2,1-6H3,(H,24,26,29);6-7,9,16,19H,4-5,8,10-11H2,1-3H3,(H,20,22,24);1H/t19-;16-;/m11./s1. The van der Waals surface area contributed by atoms with E-state index in [0.29, 0.717) is 22.8 Å². The molecular formula is C41H59ClN10O4S2. The van der Waals surface area contributed by atoms with E-state index in [0.717, 1.165) is 86.3 Å². The summed E-state index contributed by atoms with van der Waals surface area (Å²) in [4.78, 5) is 61.7. The number of piperazine rings is 2. The van der Waals surface area contributed by atoms with Gasteiger partial charge >= 0.3 is 6.09 Å². The van der Waals surface area contributed by atoms with E-state index in [1.807, 2.05) is 59.6 Å². The zero-order valence-electron chi connectivity index (χ0n) is 35.2. The van der Waals surface area contributed by atoms with Gasteiger partial charge in [-0.25, -0.2) is 14.8 Å². The van der Waals surface area contributed by atoms with Gasteiger partial charge in [-0.1, -0.05) is 0 Å². The molecule has 0 spiro atoms. The molecule has 2 aliphatic rings. The smallest absolute Gasteiger partial charge is 0.410 e. The Kier molecular flexibility index (Phi) is 17.1. The Morgan fingerprint density at radius 2 is 1.24 bits per heavy atom. The summed E-state index contributed by atoms with van der Waals surface area (Å²) in [6.07, 6.45) is 5.15. The summed E-state index contributed by atoms with van der Waals surface area (Å²) in [5.74, 6) is -0.203. The quantitative estimate of drug-likeness (QED) is 0.164. The monoisotopic (exact) mass is 854 g/mol. The maximum Gasteiger partial charge on any atom is 0.410 e. The van der Waals surface area contributed by atoms with Crippen LogP contribution < -0.4 is 16.0 Å². The summed E-state index contributed by atoms with van der Waals surface area (Å²) < 4.78 is 5.69. The van der Waals surface area contributed by atoms with Crippen LogP contribution in [0.25, 0.3) is 0 Å². The average Bonchev–Trinajstić information content (AvgIpc) is 3.71. The van der Waals surface area contributed by atoms with Crippen molar-refractivity contribution in [3.63, 3.8) is 0 Å². The maximum atomic E-state index is 12.9. The van der Waals surface area contributed by atoms with E-state index in [1.165, 1.54) is 41.2 Å². The van der Waals surface area contributed by atoms with Crippen LogP contribution in [0, 0.1) is 27.7 Å². The summed E-state index contributed by atoms with van der Waals surface area (Å²) >= 11 is 3.03. The second-order valence-corrected chi connectivity index (χ2v) is 18.2. The number of carbonyl (C=O) groups excluding carboxylic acids is 3. The molecule has 4 aromatic heterocycles. The van der Waals surface area contributed by atoms with Crippen molar-refractivity contribution < 1.29 is 19.1 Å². The summed E-state index contributed by atoms with van der Waals surface area (Å²) in [5.41, 5.74) is 6.09. The third-order valence-corrected chi connectivity index (χ3v) is 11.0. The fourth-order valence-electron chi connectivity index (χ4n) is 7.23. The Labute approximate surface area is 357 Å². The van der Waals surface area contributed by atoms with Crippen molar-refractivity contribution in [3.8, 4) is 0 Å². The van der Waals surface area contributed by atoms with Crippen LogP contribution in [0.3, 0.4) is 0 Å². The number of pyridine rings is 2. The minimum absolute atomic E-state index is 0. The van der Waals surface area contributed by atoms with Crippen molar-refractivity contribution in [3.05, 3.63) is 80.3 Å².